The number of anilines is 3. The molecule has 1 heterocycles. The van der Waals surface area contributed by atoms with Crippen LogP contribution in [0.4, 0.5) is 17.1 Å². The van der Waals surface area contributed by atoms with E-state index in [0.29, 0.717) is 49.7 Å². The highest BCUT2D eigenvalue weighted by atomic mass is 16.5. The molecule has 1 aliphatic rings. The van der Waals surface area contributed by atoms with Crippen LogP contribution in [0.3, 0.4) is 0 Å². The van der Waals surface area contributed by atoms with E-state index >= 15 is 0 Å². The molecule has 164 valence electrons. The zero-order valence-corrected chi connectivity index (χ0v) is 17.9. The van der Waals surface area contributed by atoms with Crippen LogP contribution in [0.2, 0.25) is 0 Å². The number of amides is 3. The Morgan fingerprint density at radius 1 is 0.968 bits per heavy atom. The number of carbonyl (C=O) groups is 3. The molecule has 0 radical (unpaired) electrons. The fourth-order valence-electron chi connectivity index (χ4n) is 3.17. The maximum atomic E-state index is 12.6. The lowest BCUT2D eigenvalue weighted by molar-refractivity contribution is -0.116. The molecule has 31 heavy (non-hydrogen) atoms. The Morgan fingerprint density at radius 2 is 1.74 bits per heavy atom. The number of hydrogen-bond donors (Lipinski definition) is 3. The molecule has 2 aromatic carbocycles. The van der Waals surface area contributed by atoms with E-state index in [1.807, 2.05) is 19.1 Å². The first-order chi connectivity index (χ1) is 15.0. The molecule has 0 atom stereocenters. The van der Waals surface area contributed by atoms with Crippen molar-refractivity contribution in [2.24, 2.45) is 0 Å². The van der Waals surface area contributed by atoms with Crippen LogP contribution in [0.25, 0.3) is 0 Å². The highest BCUT2D eigenvalue weighted by Crippen LogP contribution is 2.20. The van der Waals surface area contributed by atoms with Crippen molar-refractivity contribution in [3.05, 3.63) is 53.6 Å². The van der Waals surface area contributed by atoms with Crippen molar-refractivity contribution < 1.29 is 19.1 Å². The van der Waals surface area contributed by atoms with E-state index in [4.69, 9.17) is 4.74 Å². The van der Waals surface area contributed by atoms with Crippen LogP contribution >= 0.6 is 0 Å². The Balaban J connectivity index is 1.57. The van der Waals surface area contributed by atoms with E-state index in [9.17, 15) is 14.4 Å². The van der Waals surface area contributed by atoms with Gasteiger partial charge in [-0.3, -0.25) is 14.4 Å². The average molecular weight is 425 g/mol. The largest absolute Gasteiger partial charge is 0.378 e. The quantitative estimate of drug-likeness (QED) is 0.635. The Bertz CT molecular complexity index is 954. The first-order valence-corrected chi connectivity index (χ1v) is 10.4. The molecular formula is C23H28N4O4. The Kier molecular flexibility index (Phi) is 7.61. The predicted molar refractivity (Wildman–Crippen MR) is 120 cm³/mol. The number of nitrogens with one attached hydrogen (secondary N) is 3. The van der Waals surface area contributed by atoms with Gasteiger partial charge in [0.25, 0.3) is 5.91 Å². The van der Waals surface area contributed by atoms with Gasteiger partial charge < -0.3 is 25.6 Å². The minimum Gasteiger partial charge on any atom is -0.378 e. The second-order valence-electron chi connectivity index (χ2n) is 7.32. The third kappa shape index (κ3) is 6.29. The summed E-state index contributed by atoms with van der Waals surface area (Å²) >= 11 is 0. The molecule has 8 heteroatoms. The summed E-state index contributed by atoms with van der Waals surface area (Å²) in [7, 11) is 0. The molecule has 1 aliphatic heterocycles. The molecule has 0 spiro atoms. The number of aryl methyl sites for hydroxylation is 1. The molecule has 0 saturated carbocycles. The van der Waals surface area contributed by atoms with Crippen LogP contribution < -0.4 is 16.0 Å². The van der Waals surface area contributed by atoms with E-state index in [0.717, 1.165) is 11.3 Å². The van der Waals surface area contributed by atoms with Gasteiger partial charge >= 0.3 is 0 Å². The van der Waals surface area contributed by atoms with E-state index < -0.39 is 0 Å². The maximum absolute atomic E-state index is 12.6. The first kappa shape index (κ1) is 22.3. The normalized spacial score (nSPS) is 13.4. The van der Waals surface area contributed by atoms with Crippen molar-refractivity contribution in [2.45, 2.75) is 20.3 Å². The molecule has 1 fully saturated rings. The van der Waals surface area contributed by atoms with Crippen LogP contribution in [0.5, 0.6) is 0 Å². The van der Waals surface area contributed by atoms with Gasteiger partial charge in [-0.05, 0) is 42.8 Å². The fourth-order valence-corrected chi connectivity index (χ4v) is 3.17. The maximum Gasteiger partial charge on any atom is 0.254 e. The van der Waals surface area contributed by atoms with Gasteiger partial charge in [-0.25, -0.2) is 0 Å². The fraction of sp³-hybridized carbons (Fsp3) is 0.348. The molecule has 3 rings (SSSR count). The van der Waals surface area contributed by atoms with E-state index in [-0.39, 0.29) is 24.3 Å². The summed E-state index contributed by atoms with van der Waals surface area (Å²) in [4.78, 5) is 38.4. The number of ether oxygens (including phenoxy) is 1. The molecule has 0 unspecified atom stereocenters. The van der Waals surface area contributed by atoms with E-state index in [2.05, 4.69) is 16.0 Å². The van der Waals surface area contributed by atoms with Crippen LogP contribution in [-0.2, 0) is 14.3 Å². The zero-order chi connectivity index (χ0) is 22.2. The number of morpholine rings is 1. The number of hydrogen-bond acceptors (Lipinski definition) is 5. The van der Waals surface area contributed by atoms with Gasteiger partial charge in [-0.2, -0.15) is 0 Å². The van der Waals surface area contributed by atoms with Crippen molar-refractivity contribution in [3.8, 4) is 0 Å². The monoisotopic (exact) mass is 424 g/mol. The van der Waals surface area contributed by atoms with Crippen LogP contribution in [0, 0.1) is 6.92 Å². The standard InChI is InChI=1S/C23H28N4O4/c1-3-21(28)26-20-14-18(8-7-16(20)2)24-15-22(29)25-19-6-4-5-17(13-19)23(30)27-9-11-31-12-10-27/h4-8,13-14,24H,3,9-12,15H2,1-2H3,(H,25,29)(H,26,28). The number of nitrogens with zero attached hydrogens (tertiary/aromatic N) is 1. The Hall–Kier alpha value is -3.39. The summed E-state index contributed by atoms with van der Waals surface area (Å²) in [5.74, 6) is -0.376. The van der Waals surface area contributed by atoms with Crippen molar-refractivity contribution in [2.75, 3.05) is 48.8 Å². The lowest BCUT2D eigenvalue weighted by Crippen LogP contribution is -2.40. The summed E-state index contributed by atoms with van der Waals surface area (Å²) in [5.41, 5.74) is 3.47. The summed E-state index contributed by atoms with van der Waals surface area (Å²) in [6, 6.07) is 12.5. The molecule has 2 aromatic rings. The van der Waals surface area contributed by atoms with E-state index in [1.54, 1.807) is 42.2 Å². The smallest absolute Gasteiger partial charge is 0.254 e. The lowest BCUT2D eigenvalue weighted by atomic mass is 10.1. The summed E-state index contributed by atoms with van der Waals surface area (Å²) < 4.78 is 5.29. The van der Waals surface area contributed by atoms with Crippen LogP contribution in [-0.4, -0.2) is 55.5 Å². The molecule has 0 aromatic heterocycles. The summed E-state index contributed by atoms with van der Waals surface area (Å²) in [6.45, 7) is 5.96. The molecule has 0 aliphatic carbocycles. The topological polar surface area (TPSA) is 99.8 Å². The predicted octanol–water partition coefficient (Wildman–Crippen LogP) is 2.87. The van der Waals surface area contributed by atoms with Crippen LogP contribution in [0.1, 0.15) is 29.3 Å². The van der Waals surface area contributed by atoms with Gasteiger partial charge in [0.2, 0.25) is 11.8 Å². The highest BCUT2D eigenvalue weighted by Gasteiger charge is 2.18. The van der Waals surface area contributed by atoms with Crippen molar-refractivity contribution >= 4 is 34.8 Å². The molecule has 1 saturated heterocycles. The summed E-state index contributed by atoms with van der Waals surface area (Å²) in [6.07, 6.45) is 0.395. The molecule has 0 bridgehead atoms. The van der Waals surface area contributed by atoms with E-state index in [1.165, 1.54) is 0 Å². The minimum absolute atomic E-state index is 0.0475. The Labute approximate surface area is 182 Å². The third-order valence-corrected chi connectivity index (χ3v) is 4.98. The van der Waals surface area contributed by atoms with Crippen molar-refractivity contribution in [3.63, 3.8) is 0 Å². The average Bonchev–Trinajstić information content (AvgIpc) is 2.79. The minimum atomic E-state index is -0.240. The lowest BCUT2D eigenvalue weighted by Gasteiger charge is -2.27. The van der Waals surface area contributed by atoms with Crippen molar-refractivity contribution in [1.82, 2.24) is 4.90 Å². The second kappa shape index (κ2) is 10.6. The molecule has 3 N–H and O–H groups in total. The number of carbonyl (C=O) groups excluding carboxylic acids is 3. The van der Waals surface area contributed by atoms with Gasteiger partial charge in [0, 0.05) is 42.1 Å². The highest BCUT2D eigenvalue weighted by molar-refractivity contribution is 5.98. The van der Waals surface area contributed by atoms with Gasteiger partial charge in [0.15, 0.2) is 0 Å². The summed E-state index contributed by atoms with van der Waals surface area (Å²) in [5, 5.41) is 8.72. The van der Waals surface area contributed by atoms with Gasteiger partial charge in [0.1, 0.15) is 0 Å². The van der Waals surface area contributed by atoms with Crippen molar-refractivity contribution in [1.29, 1.82) is 0 Å². The van der Waals surface area contributed by atoms with Gasteiger partial charge in [-0.1, -0.05) is 19.1 Å². The third-order valence-electron chi connectivity index (χ3n) is 4.98. The Morgan fingerprint density at radius 3 is 2.48 bits per heavy atom. The number of benzene rings is 2. The molecular weight excluding hydrogens is 396 g/mol. The molecule has 8 nitrogen and oxygen atoms in total. The van der Waals surface area contributed by atoms with Crippen LogP contribution in [0.15, 0.2) is 42.5 Å². The van der Waals surface area contributed by atoms with Gasteiger partial charge in [-0.15, -0.1) is 0 Å². The first-order valence-electron chi connectivity index (χ1n) is 10.4. The number of rotatable bonds is 7. The SMILES string of the molecule is CCC(=O)Nc1cc(NCC(=O)Nc2cccc(C(=O)N3CCOCC3)c2)ccc1C. The molecule has 3 amide bonds. The zero-order valence-electron chi connectivity index (χ0n) is 17.9. The van der Waals surface area contributed by atoms with Gasteiger partial charge in [0.05, 0.1) is 19.8 Å². The second-order valence-corrected chi connectivity index (χ2v) is 7.32.